The van der Waals surface area contributed by atoms with E-state index in [4.69, 9.17) is 24.3 Å². The maximum absolute atomic E-state index is 12.5. The van der Waals surface area contributed by atoms with Gasteiger partial charge in [-0.1, -0.05) is 135 Å². The molecule has 3 N–H and O–H groups in total. The van der Waals surface area contributed by atoms with E-state index < -0.39 is 26.5 Å². The maximum atomic E-state index is 12.5. The highest BCUT2D eigenvalue weighted by Crippen LogP contribution is 2.43. The molecule has 0 saturated heterocycles. The number of phosphoric ester groups is 1. The summed E-state index contributed by atoms with van der Waals surface area (Å²) in [6.45, 7) is 3.70. The zero-order valence-corrected chi connectivity index (χ0v) is 30.5. The first-order chi connectivity index (χ1) is 22.3. The van der Waals surface area contributed by atoms with E-state index >= 15 is 0 Å². The Hall–Kier alpha value is -1.25. The summed E-state index contributed by atoms with van der Waals surface area (Å²) in [6, 6.07) is 0. The second kappa shape index (κ2) is 33.6. The van der Waals surface area contributed by atoms with Crippen molar-refractivity contribution in [1.29, 1.82) is 0 Å². The molecule has 46 heavy (non-hydrogen) atoms. The number of rotatable bonds is 35. The Labute approximate surface area is 281 Å². The van der Waals surface area contributed by atoms with Gasteiger partial charge in [0, 0.05) is 19.4 Å². The van der Waals surface area contributed by atoms with E-state index in [2.05, 4.69) is 26.0 Å². The smallest absolute Gasteiger partial charge is 0.462 e. The van der Waals surface area contributed by atoms with E-state index in [-0.39, 0.29) is 38.6 Å². The van der Waals surface area contributed by atoms with Crippen molar-refractivity contribution in [3.05, 3.63) is 12.2 Å². The highest BCUT2D eigenvalue weighted by atomic mass is 31.2. The SMILES string of the molecule is CCCCCC/C=C/CCCCCCCCCC(=O)O[C@H](COC(=O)CCCCCCCCCCCC)COP(=O)(O)OCCN. The molecule has 1 unspecified atom stereocenters. The molecule has 9 nitrogen and oxygen atoms in total. The Balaban J connectivity index is 4.22. The lowest BCUT2D eigenvalue weighted by Crippen LogP contribution is -2.29. The summed E-state index contributed by atoms with van der Waals surface area (Å²) in [7, 11) is -4.36. The van der Waals surface area contributed by atoms with Crippen LogP contribution in [0.1, 0.15) is 174 Å². The lowest BCUT2D eigenvalue weighted by Gasteiger charge is -2.19. The number of hydrogen-bond donors (Lipinski definition) is 2. The van der Waals surface area contributed by atoms with E-state index in [1.54, 1.807) is 0 Å². The topological polar surface area (TPSA) is 134 Å². The number of unbranched alkanes of at least 4 members (excludes halogenated alkanes) is 20. The van der Waals surface area contributed by atoms with Crippen molar-refractivity contribution in [1.82, 2.24) is 0 Å². The van der Waals surface area contributed by atoms with Gasteiger partial charge in [-0.3, -0.25) is 18.6 Å². The number of phosphoric acid groups is 1. The maximum Gasteiger partial charge on any atom is 0.472 e. The average molecular weight is 676 g/mol. The number of carbonyl (C=O) groups is 2. The van der Waals surface area contributed by atoms with Gasteiger partial charge < -0.3 is 20.1 Å². The minimum absolute atomic E-state index is 0.0551. The van der Waals surface area contributed by atoms with E-state index in [9.17, 15) is 19.0 Å². The van der Waals surface area contributed by atoms with Gasteiger partial charge in [0.25, 0.3) is 0 Å². The van der Waals surface area contributed by atoms with E-state index in [1.165, 1.54) is 96.3 Å². The van der Waals surface area contributed by atoms with Gasteiger partial charge in [0.2, 0.25) is 0 Å². The number of esters is 2. The van der Waals surface area contributed by atoms with Gasteiger partial charge in [0.05, 0.1) is 13.2 Å². The van der Waals surface area contributed by atoms with Gasteiger partial charge in [-0.25, -0.2) is 4.57 Å². The Morgan fingerprint density at radius 2 is 1.07 bits per heavy atom. The number of nitrogens with two attached hydrogens (primary N) is 1. The molecule has 0 aromatic carbocycles. The highest BCUT2D eigenvalue weighted by molar-refractivity contribution is 7.47. The predicted molar refractivity (Wildman–Crippen MR) is 188 cm³/mol. The normalized spacial score (nSPS) is 13.6. The van der Waals surface area contributed by atoms with E-state index in [0.717, 1.165) is 44.9 Å². The van der Waals surface area contributed by atoms with Crippen molar-refractivity contribution in [2.45, 2.75) is 180 Å². The molecule has 2 atom stereocenters. The summed E-state index contributed by atoms with van der Waals surface area (Å²) < 4.78 is 32.6. The Morgan fingerprint density at radius 3 is 1.57 bits per heavy atom. The molecule has 10 heteroatoms. The largest absolute Gasteiger partial charge is 0.472 e. The van der Waals surface area contributed by atoms with Crippen LogP contribution in [-0.4, -0.2) is 49.3 Å². The third kappa shape index (κ3) is 32.7. The number of hydrogen-bond acceptors (Lipinski definition) is 8. The molecule has 0 saturated carbocycles. The molecule has 272 valence electrons. The monoisotopic (exact) mass is 675 g/mol. The minimum Gasteiger partial charge on any atom is -0.462 e. The molecule has 0 rings (SSSR count). The summed E-state index contributed by atoms with van der Waals surface area (Å²) in [5, 5.41) is 0. The van der Waals surface area contributed by atoms with Crippen LogP contribution in [0.5, 0.6) is 0 Å². The van der Waals surface area contributed by atoms with Crippen LogP contribution in [0.2, 0.25) is 0 Å². The Morgan fingerprint density at radius 1 is 0.630 bits per heavy atom. The molecule has 0 aromatic heterocycles. The van der Waals surface area contributed by atoms with Gasteiger partial charge in [-0.15, -0.1) is 0 Å². The molecule has 0 fully saturated rings. The van der Waals surface area contributed by atoms with Crippen molar-refractivity contribution in [2.24, 2.45) is 5.73 Å². The van der Waals surface area contributed by atoms with Crippen LogP contribution in [-0.2, 0) is 32.7 Å². The van der Waals surface area contributed by atoms with Crippen LogP contribution in [0.3, 0.4) is 0 Å². The van der Waals surface area contributed by atoms with Crippen LogP contribution >= 0.6 is 7.82 Å². The molecule has 0 bridgehead atoms. The van der Waals surface area contributed by atoms with Crippen molar-refractivity contribution in [3.63, 3.8) is 0 Å². The van der Waals surface area contributed by atoms with Crippen LogP contribution in [0.15, 0.2) is 12.2 Å². The van der Waals surface area contributed by atoms with Crippen molar-refractivity contribution >= 4 is 19.8 Å². The first-order valence-corrected chi connectivity index (χ1v) is 20.2. The molecule has 0 aliphatic rings. The standard InChI is InChI=1S/C36H70NO8P/c1-3-5-7-9-11-13-15-16-17-18-19-21-23-25-27-29-36(39)45-34(33-44-46(40,41)43-31-30-37)32-42-35(38)28-26-24-22-20-14-12-10-8-6-4-2/h13,15,34H,3-12,14,16-33,37H2,1-2H3,(H,40,41)/b15-13+/t34-/m1/s1. The zero-order chi connectivity index (χ0) is 34.0. The molecule has 0 radical (unpaired) electrons. The Kier molecular flexibility index (Phi) is 32.7. The summed E-state index contributed by atoms with van der Waals surface area (Å²) >= 11 is 0. The zero-order valence-electron chi connectivity index (χ0n) is 29.6. The van der Waals surface area contributed by atoms with Gasteiger partial charge in [-0.05, 0) is 38.5 Å². The second-order valence-electron chi connectivity index (χ2n) is 12.4. The fourth-order valence-corrected chi connectivity index (χ4v) is 5.86. The van der Waals surface area contributed by atoms with Gasteiger partial charge in [0.15, 0.2) is 6.10 Å². The minimum atomic E-state index is -4.36. The van der Waals surface area contributed by atoms with Crippen LogP contribution in [0.25, 0.3) is 0 Å². The molecule has 0 amide bonds. The van der Waals surface area contributed by atoms with Gasteiger partial charge in [0.1, 0.15) is 6.61 Å². The van der Waals surface area contributed by atoms with Crippen LogP contribution in [0, 0.1) is 0 Å². The van der Waals surface area contributed by atoms with Crippen molar-refractivity contribution < 1.29 is 37.6 Å². The molecule has 0 aromatic rings. The van der Waals surface area contributed by atoms with Gasteiger partial charge in [-0.2, -0.15) is 0 Å². The number of ether oxygens (including phenoxy) is 2. The predicted octanol–water partition coefficient (Wildman–Crippen LogP) is 9.88. The summed E-state index contributed by atoms with van der Waals surface area (Å²) in [4.78, 5) is 34.6. The fourth-order valence-electron chi connectivity index (χ4n) is 5.10. The van der Waals surface area contributed by atoms with Crippen LogP contribution in [0.4, 0.5) is 0 Å². The molecular formula is C36H70NO8P. The second-order valence-corrected chi connectivity index (χ2v) is 13.9. The molecule has 0 aliphatic carbocycles. The first kappa shape index (κ1) is 44.8. The average Bonchev–Trinajstić information content (AvgIpc) is 3.04. The first-order valence-electron chi connectivity index (χ1n) is 18.7. The van der Waals surface area contributed by atoms with Gasteiger partial charge >= 0.3 is 19.8 Å². The van der Waals surface area contributed by atoms with Crippen molar-refractivity contribution in [2.75, 3.05) is 26.4 Å². The third-order valence-corrected chi connectivity index (χ3v) is 8.89. The summed E-state index contributed by atoms with van der Waals surface area (Å²) in [5.74, 6) is -0.831. The highest BCUT2D eigenvalue weighted by Gasteiger charge is 2.25. The van der Waals surface area contributed by atoms with Crippen molar-refractivity contribution in [3.8, 4) is 0 Å². The molecule has 0 spiro atoms. The summed E-state index contributed by atoms with van der Waals surface area (Å²) in [5.41, 5.74) is 5.32. The quantitative estimate of drug-likeness (QED) is 0.0291. The fraction of sp³-hybridized carbons (Fsp3) is 0.889. The number of allylic oxidation sites excluding steroid dienone is 2. The summed E-state index contributed by atoms with van der Waals surface area (Å²) in [6.07, 6.45) is 31.0. The Bertz CT molecular complexity index is 779. The molecule has 0 aliphatic heterocycles. The molecular weight excluding hydrogens is 605 g/mol. The third-order valence-electron chi connectivity index (χ3n) is 7.90. The van der Waals surface area contributed by atoms with Crippen LogP contribution < -0.4 is 5.73 Å². The van der Waals surface area contributed by atoms with E-state index in [0.29, 0.717) is 6.42 Å². The lowest BCUT2D eigenvalue weighted by molar-refractivity contribution is -0.161. The molecule has 0 heterocycles. The lowest BCUT2D eigenvalue weighted by atomic mass is 10.1. The number of carbonyl (C=O) groups excluding carboxylic acids is 2. The van der Waals surface area contributed by atoms with E-state index in [1.807, 2.05) is 0 Å².